The Kier molecular flexibility index (Phi) is 9.22. The van der Waals surface area contributed by atoms with Crippen LogP contribution in [-0.2, 0) is 19.1 Å². The predicted molar refractivity (Wildman–Crippen MR) is 168 cm³/mol. The van der Waals surface area contributed by atoms with Crippen molar-refractivity contribution in [2.75, 3.05) is 18.5 Å². The number of carbonyl (C=O) groups excluding carboxylic acids is 2. The van der Waals surface area contributed by atoms with E-state index in [4.69, 9.17) is 19.2 Å². The van der Waals surface area contributed by atoms with E-state index in [9.17, 15) is 9.59 Å². The van der Waals surface area contributed by atoms with Gasteiger partial charge in [-0.1, -0.05) is 30.3 Å². The second kappa shape index (κ2) is 13.4. The lowest BCUT2D eigenvalue weighted by atomic mass is 9.80. The highest BCUT2D eigenvalue weighted by Crippen LogP contribution is 2.40. The summed E-state index contributed by atoms with van der Waals surface area (Å²) in [5.74, 6) is -0.0900. The highest BCUT2D eigenvalue weighted by Gasteiger charge is 2.38. The number of anilines is 2. The Morgan fingerprint density at radius 3 is 2.09 bits per heavy atom. The maximum Gasteiger partial charge on any atom is 0.336 e. The molecule has 220 valence electrons. The standard InChI is InChI=1S/C34H33N3O5S/c1-5-40-32(38)29-21(3)35-22(4)30(33(39)41-6-2)31(29)24-11-10-12-25(19-24)36-34-37-28(20-43-34)23-15-17-27(18-16-23)42-26-13-8-7-9-14-26/h7-20,31,35H,5-6H2,1-4H3,(H,36,37). The largest absolute Gasteiger partial charge is 0.463 e. The van der Waals surface area contributed by atoms with Crippen molar-refractivity contribution in [2.24, 2.45) is 0 Å². The Labute approximate surface area is 255 Å². The number of aromatic nitrogens is 1. The molecule has 2 heterocycles. The van der Waals surface area contributed by atoms with E-state index in [0.29, 0.717) is 27.7 Å². The van der Waals surface area contributed by atoms with Gasteiger partial charge in [-0.3, -0.25) is 0 Å². The number of benzene rings is 3. The van der Waals surface area contributed by atoms with Crippen LogP contribution in [0.5, 0.6) is 11.5 Å². The third kappa shape index (κ3) is 6.79. The average Bonchev–Trinajstić information content (AvgIpc) is 3.46. The van der Waals surface area contributed by atoms with E-state index >= 15 is 0 Å². The second-order valence-corrected chi connectivity index (χ2v) is 10.7. The fourth-order valence-electron chi connectivity index (χ4n) is 4.99. The number of para-hydroxylation sites is 1. The van der Waals surface area contributed by atoms with Crippen LogP contribution in [0.3, 0.4) is 0 Å². The van der Waals surface area contributed by atoms with Gasteiger partial charge >= 0.3 is 11.9 Å². The van der Waals surface area contributed by atoms with Crippen LogP contribution < -0.4 is 15.4 Å². The van der Waals surface area contributed by atoms with Crippen molar-refractivity contribution in [3.05, 3.63) is 112 Å². The number of allylic oxidation sites excluding steroid dienone is 2. The van der Waals surface area contributed by atoms with Crippen molar-refractivity contribution in [3.63, 3.8) is 0 Å². The zero-order valence-electron chi connectivity index (χ0n) is 24.5. The molecule has 4 aromatic rings. The van der Waals surface area contributed by atoms with Crippen LogP contribution in [0.1, 0.15) is 39.2 Å². The summed E-state index contributed by atoms with van der Waals surface area (Å²) < 4.78 is 16.7. The second-order valence-electron chi connectivity index (χ2n) is 9.80. The third-order valence-electron chi connectivity index (χ3n) is 6.86. The lowest BCUT2D eigenvalue weighted by Crippen LogP contribution is -2.32. The number of carbonyl (C=O) groups is 2. The molecule has 0 unspecified atom stereocenters. The van der Waals surface area contributed by atoms with Crippen molar-refractivity contribution >= 4 is 34.1 Å². The zero-order valence-corrected chi connectivity index (χ0v) is 25.3. The highest BCUT2D eigenvalue weighted by atomic mass is 32.1. The van der Waals surface area contributed by atoms with Gasteiger partial charge in [-0.15, -0.1) is 11.3 Å². The minimum atomic E-state index is -0.662. The Bertz CT molecular complexity index is 1640. The third-order valence-corrected chi connectivity index (χ3v) is 7.61. The molecule has 0 radical (unpaired) electrons. The molecule has 0 spiro atoms. The maximum absolute atomic E-state index is 13.1. The molecule has 1 aromatic heterocycles. The first-order chi connectivity index (χ1) is 20.9. The number of hydrogen-bond donors (Lipinski definition) is 2. The average molecular weight is 596 g/mol. The Morgan fingerprint density at radius 1 is 0.837 bits per heavy atom. The Morgan fingerprint density at radius 2 is 1.47 bits per heavy atom. The van der Waals surface area contributed by atoms with Gasteiger partial charge in [0.05, 0.1) is 36.0 Å². The van der Waals surface area contributed by atoms with Gasteiger partial charge in [0.1, 0.15) is 11.5 Å². The van der Waals surface area contributed by atoms with Crippen LogP contribution in [0, 0.1) is 0 Å². The summed E-state index contributed by atoms with van der Waals surface area (Å²) in [6.07, 6.45) is 0. The highest BCUT2D eigenvalue weighted by molar-refractivity contribution is 7.14. The summed E-state index contributed by atoms with van der Waals surface area (Å²) in [5.41, 5.74) is 5.35. The van der Waals surface area contributed by atoms with E-state index in [-0.39, 0.29) is 13.2 Å². The molecule has 3 aromatic carbocycles. The predicted octanol–water partition coefficient (Wildman–Crippen LogP) is 7.71. The molecule has 43 heavy (non-hydrogen) atoms. The Hall–Kier alpha value is -4.89. The van der Waals surface area contributed by atoms with Crippen molar-refractivity contribution < 1.29 is 23.8 Å². The minimum Gasteiger partial charge on any atom is -0.463 e. The molecule has 5 rings (SSSR count). The first-order valence-electron chi connectivity index (χ1n) is 14.1. The first kappa shape index (κ1) is 29.6. The molecular weight excluding hydrogens is 562 g/mol. The smallest absolute Gasteiger partial charge is 0.336 e. The van der Waals surface area contributed by atoms with Crippen LogP contribution in [0.25, 0.3) is 11.3 Å². The van der Waals surface area contributed by atoms with E-state index in [2.05, 4.69) is 10.6 Å². The van der Waals surface area contributed by atoms with Gasteiger partial charge in [0.15, 0.2) is 5.13 Å². The molecule has 0 saturated heterocycles. The molecule has 0 aliphatic carbocycles. The lowest BCUT2D eigenvalue weighted by molar-refractivity contribution is -0.139. The number of nitrogens with zero attached hydrogens (tertiary/aromatic N) is 1. The van der Waals surface area contributed by atoms with Crippen LogP contribution in [-0.4, -0.2) is 30.1 Å². The van der Waals surface area contributed by atoms with Crippen molar-refractivity contribution in [3.8, 4) is 22.8 Å². The molecule has 2 N–H and O–H groups in total. The van der Waals surface area contributed by atoms with Crippen LogP contribution >= 0.6 is 11.3 Å². The molecule has 1 aliphatic heterocycles. The molecule has 0 fully saturated rings. The minimum absolute atomic E-state index is 0.219. The molecule has 0 amide bonds. The van der Waals surface area contributed by atoms with Crippen molar-refractivity contribution in [1.29, 1.82) is 0 Å². The fourth-order valence-corrected chi connectivity index (χ4v) is 5.73. The van der Waals surface area contributed by atoms with Gasteiger partial charge in [0.2, 0.25) is 0 Å². The number of esters is 2. The zero-order chi connectivity index (χ0) is 30.3. The molecule has 1 aliphatic rings. The van der Waals surface area contributed by atoms with Crippen molar-refractivity contribution in [2.45, 2.75) is 33.6 Å². The normalized spacial score (nSPS) is 13.4. The summed E-state index contributed by atoms with van der Waals surface area (Å²) in [6.45, 7) is 7.57. The summed E-state index contributed by atoms with van der Waals surface area (Å²) in [5, 5.41) is 9.25. The van der Waals surface area contributed by atoms with Gasteiger partial charge in [0, 0.05) is 28.0 Å². The van der Waals surface area contributed by atoms with E-state index in [1.165, 1.54) is 11.3 Å². The van der Waals surface area contributed by atoms with Gasteiger partial charge in [-0.25, -0.2) is 14.6 Å². The number of hydrogen-bond acceptors (Lipinski definition) is 9. The molecule has 0 saturated carbocycles. The van der Waals surface area contributed by atoms with E-state index in [0.717, 1.165) is 34.0 Å². The summed E-state index contributed by atoms with van der Waals surface area (Å²) >= 11 is 1.48. The van der Waals surface area contributed by atoms with Gasteiger partial charge < -0.3 is 24.8 Å². The van der Waals surface area contributed by atoms with Crippen LogP contribution in [0.15, 0.2) is 107 Å². The van der Waals surface area contributed by atoms with E-state index < -0.39 is 17.9 Å². The van der Waals surface area contributed by atoms with Crippen LogP contribution in [0.2, 0.25) is 0 Å². The SMILES string of the molecule is CCOC(=O)C1=C(C)NC(C)=C(C(=O)OCC)C1c1cccc(Nc2nc(-c3ccc(Oc4ccccc4)cc3)cs2)c1. The number of nitrogens with one attached hydrogen (secondary N) is 2. The summed E-state index contributed by atoms with van der Waals surface area (Å²) in [6, 6.07) is 25.1. The van der Waals surface area contributed by atoms with Gasteiger partial charge in [-0.2, -0.15) is 0 Å². The van der Waals surface area contributed by atoms with E-state index in [1.807, 2.05) is 98.1 Å². The molecule has 0 bridgehead atoms. The number of dihydropyridines is 1. The number of thiazole rings is 1. The number of rotatable bonds is 10. The quantitative estimate of drug-likeness (QED) is 0.180. The molecule has 8 nitrogen and oxygen atoms in total. The summed E-state index contributed by atoms with van der Waals surface area (Å²) in [7, 11) is 0. The van der Waals surface area contributed by atoms with Gasteiger partial charge in [-0.05, 0) is 81.8 Å². The molecular formula is C34H33N3O5S. The number of ether oxygens (including phenoxy) is 3. The lowest BCUT2D eigenvalue weighted by Gasteiger charge is -2.30. The molecule has 9 heteroatoms. The maximum atomic E-state index is 13.1. The topological polar surface area (TPSA) is 98.8 Å². The molecule has 0 atom stereocenters. The van der Waals surface area contributed by atoms with Crippen LogP contribution in [0.4, 0.5) is 10.8 Å². The fraction of sp³-hybridized carbons (Fsp3) is 0.206. The Balaban J connectivity index is 1.39. The van der Waals surface area contributed by atoms with Crippen molar-refractivity contribution in [1.82, 2.24) is 10.3 Å². The monoisotopic (exact) mass is 595 g/mol. The summed E-state index contributed by atoms with van der Waals surface area (Å²) in [4.78, 5) is 31.0. The van der Waals surface area contributed by atoms with Gasteiger partial charge in [0.25, 0.3) is 0 Å². The van der Waals surface area contributed by atoms with E-state index in [1.54, 1.807) is 13.8 Å². The first-order valence-corrected chi connectivity index (χ1v) is 14.9.